The number of nitrogens with zero attached hydrogens (tertiary/aromatic N) is 2. The minimum absolute atomic E-state index is 0.327. The van der Waals surface area contributed by atoms with Gasteiger partial charge in [-0.1, -0.05) is 30.0 Å². The third kappa shape index (κ3) is 6.07. The van der Waals surface area contributed by atoms with Crippen LogP contribution in [-0.2, 0) is 15.3 Å². The topological polar surface area (TPSA) is 124 Å². The first-order chi connectivity index (χ1) is 12.8. The molecule has 0 bridgehead atoms. The standard InChI is InChI=1S/C18H20N4O4S/c1-10-8-11(2)21-18(20-10)27-9-13-6-4-5-7-14(13)16(24)26-12(3)15(23)22-17(19)25/h4-8,12H,9H2,1-3H3,(H3,19,22,23,25)/t12-/m0/s1. The van der Waals surface area contributed by atoms with E-state index < -0.39 is 24.0 Å². The number of benzene rings is 1. The molecule has 0 saturated carbocycles. The van der Waals surface area contributed by atoms with Crippen LogP contribution in [0.3, 0.4) is 0 Å². The number of amides is 3. The highest BCUT2D eigenvalue weighted by atomic mass is 32.2. The summed E-state index contributed by atoms with van der Waals surface area (Å²) in [5, 5.41) is 2.49. The maximum Gasteiger partial charge on any atom is 0.339 e. The Balaban J connectivity index is 2.09. The molecule has 1 aromatic carbocycles. The maximum atomic E-state index is 12.4. The van der Waals surface area contributed by atoms with Crippen LogP contribution in [0.4, 0.5) is 4.79 Å². The molecule has 2 rings (SSSR count). The van der Waals surface area contributed by atoms with E-state index in [-0.39, 0.29) is 0 Å². The van der Waals surface area contributed by atoms with Crippen molar-refractivity contribution in [3.05, 3.63) is 52.8 Å². The van der Waals surface area contributed by atoms with Crippen molar-refractivity contribution in [2.45, 2.75) is 37.8 Å². The predicted octanol–water partition coefficient (Wildman–Crippen LogP) is 2.13. The highest BCUT2D eigenvalue weighted by Crippen LogP contribution is 2.23. The molecule has 8 nitrogen and oxygen atoms in total. The molecule has 0 radical (unpaired) electrons. The van der Waals surface area contributed by atoms with Crippen molar-refractivity contribution in [3.8, 4) is 0 Å². The third-order valence-corrected chi connectivity index (χ3v) is 4.35. The fourth-order valence-corrected chi connectivity index (χ4v) is 3.20. The molecular weight excluding hydrogens is 368 g/mol. The van der Waals surface area contributed by atoms with E-state index >= 15 is 0 Å². The summed E-state index contributed by atoms with van der Waals surface area (Å²) >= 11 is 1.40. The molecule has 0 fully saturated rings. The van der Waals surface area contributed by atoms with Crippen LogP contribution < -0.4 is 11.1 Å². The Kier molecular flexibility index (Phi) is 6.89. The average Bonchev–Trinajstić information content (AvgIpc) is 2.58. The van der Waals surface area contributed by atoms with Crippen molar-refractivity contribution in [2.75, 3.05) is 0 Å². The van der Waals surface area contributed by atoms with Gasteiger partial charge < -0.3 is 10.5 Å². The van der Waals surface area contributed by atoms with Crippen LogP contribution in [0, 0.1) is 13.8 Å². The number of hydrogen-bond donors (Lipinski definition) is 2. The normalized spacial score (nSPS) is 11.5. The molecule has 0 spiro atoms. The van der Waals surface area contributed by atoms with E-state index in [0.29, 0.717) is 16.5 Å². The molecule has 142 valence electrons. The molecular formula is C18H20N4O4S. The highest BCUT2D eigenvalue weighted by Gasteiger charge is 2.21. The lowest BCUT2D eigenvalue weighted by Crippen LogP contribution is -2.42. The first kappa shape index (κ1) is 20.4. The van der Waals surface area contributed by atoms with E-state index in [0.717, 1.165) is 17.0 Å². The van der Waals surface area contributed by atoms with Gasteiger partial charge >= 0.3 is 12.0 Å². The molecule has 0 aliphatic heterocycles. The third-order valence-electron chi connectivity index (χ3n) is 3.46. The van der Waals surface area contributed by atoms with Crippen LogP contribution in [0.15, 0.2) is 35.5 Å². The fraction of sp³-hybridized carbons (Fsp3) is 0.278. The molecule has 3 N–H and O–H groups in total. The number of thioether (sulfide) groups is 1. The van der Waals surface area contributed by atoms with Crippen LogP contribution in [0.5, 0.6) is 0 Å². The van der Waals surface area contributed by atoms with Gasteiger partial charge in [0.1, 0.15) is 0 Å². The van der Waals surface area contributed by atoms with Gasteiger partial charge in [0.25, 0.3) is 5.91 Å². The van der Waals surface area contributed by atoms with Gasteiger partial charge in [0, 0.05) is 17.1 Å². The predicted molar refractivity (Wildman–Crippen MR) is 100 cm³/mol. The summed E-state index contributed by atoms with van der Waals surface area (Å²) in [6.45, 7) is 5.14. The lowest BCUT2D eigenvalue weighted by Gasteiger charge is -2.14. The van der Waals surface area contributed by atoms with Gasteiger partial charge in [0.2, 0.25) is 0 Å². The van der Waals surface area contributed by atoms with Crippen molar-refractivity contribution in [1.82, 2.24) is 15.3 Å². The minimum atomic E-state index is -1.16. The van der Waals surface area contributed by atoms with Crippen molar-refractivity contribution < 1.29 is 19.1 Å². The van der Waals surface area contributed by atoms with Gasteiger partial charge in [-0.05, 0) is 38.5 Å². The maximum absolute atomic E-state index is 12.4. The summed E-state index contributed by atoms with van der Waals surface area (Å²) in [5.41, 5.74) is 7.67. The van der Waals surface area contributed by atoms with Crippen molar-refractivity contribution in [1.29, 1.82) is 0 Å². The molecule has 0 saturated heterocycles. The zero-order valence-electron chi connectivity index (χ0n) is 15.2. The number of rotatable bonds is 6. The van der Waals surface area contributed by atoms with Crippen LogP contribution in [0.25, 0.3) is 0 Å². The van der Waals surface area contributed by atoms with Crippen molar-refractivity contribution >= 4 is 29.7 Å². The quantitative estimate of drug-likeness (QED) is 0.441. The Morgan fingerprint density at radius 3 is 2.44 bits per heavy atom. The Labute approximate surface area is 160 Å². The lowest BCUT2D eigenvalue weighted by molar-refractivity contribution is -0.127. The second kappa shape index (κ2) is 9.13. The van der Waals surface area contributed by atoms with Gasteiger partial charge in [0.05, 0.1) is 5.56 Å². The smallest absolute Gasteiger partial charge is 0.339 e. The van der Waals surface area contributed by atoms with Crippen molar-refractivity contribution in [2.24, 2.45) is 5.73 Å². The average molecular weight is 388 g/mol. The summed E-state index contributed by atoms with van der Waals surface area (Å²) in [6.07, 6.45) is -1.16. The minimum Gasteiger partial charge on any atom is -0.449 e. The van der Waals surface area contributed by atoms with Gasteiger partial charge in [-0.15, -0.1) is 0 Å². The molecule has 2 aromatic rings. The molecule has 1 atom stereocenters. The van der Waals surface area contributed by atoms with Crippen LogP contribution >= 0.6 is 11.8 Å². The number of nitrogens with two attached hydrogens (primary N) is 1. The fourth-order valence-electron chi connectivity index (χ4n) is 2.25. The molecule has 1 heterocycles. The number of urea groups is 1. The van der Waals surface area contributed by atoms with Gasteiger partial charge in [-0.2, -0.15) is 0 Å². The zero-order valence-corrected chi connectivity index (χ0v) is 16.0. The number of aromatic nitrogens is 2. The number of hydrogen-bond acceptors (Lipinski definition) is 7. The molecule has 0 unspecified atom stereocenters. The SMILES string of the molecule is Cc1cc(C)nc(SCc2ccccc2C(=O)O[C@@H](C)C(=O)NC(N)=O)n1. The zero-order chi connectivity index (χ0) is 20.0. The Hall–Kier alpha value is -2.94. The molecule has 0 aliphatic rings. The number of esters is 1. The monoisotopic (exact) mass is 388 g/mol. The summed E-state index contributed by atoms with van der Waals surface area (Å²) in [6, 6.07) is 7.78. The number of carbonyl (C=O) groups is 3. The Morgan fingerprint density at radius 1 is 1.19 bits per heavy atom. The van der Waals surface area contributed by atoms with Crippen molar-refractivity contribution in [3.63, 3.8) is 0 Å². The molecule has 0 aliphatic carbocycles. The van der Waals surface area contributed by atoms with E-state index in [4.69, 9.17) is 10.5 Å². The number of imide groups is 1. The van der Waals surface area contributed by atoms with Crippen LogP contribution in [-0.4, -0.2) is 34.0 Å². The summed E-state index contributed by atoms with van der Waals surface area (Å²) in [4.78, 5) is 43.5. The largest absolute Gasteiger partial charge is 0.449 e. The lowest BCUT2D eigenvalue weighted by atomic mass is 10.1. The first-order valence-electron chi connectivity index (χ1n) is 8.10. The van der Waals surface area contributed by atoms with Gasteiger partial charge in [-0.25, -0.2) is 19.6 Å². The first-order valence-corrected chi connectivity index (χ1v) is 9.09. The summed E-state index contributed by atoms with van der Waals surface area (Å²) in [5.74, 6) is -0.998. The Morgan fingerprint density at radius 2 is 1.81 bits per heavy atom. The van der Waals surface area contributed by atoms with Gasteiger partial charge in [-0.3, -0.25) is 10.1 Å². The second-order valence-corrected chi connectivity index (χ2v) is 6.72. The van der Waals surface area contributed by atoms with E-state index in [1.165, 1.54) is 18.7 Å². The van der Waals surface area contributed by atoms with E-state index in [1.54, 1.807) is 24.3 Å². The molecule has 9 heteroatoms. The second-order valence-electron chi connectivity index (χ2n) is 5.78. The van der Waals surface area contributed by atoms with Crippen LogP contribution in [0.2, 0.25) is 0 Å². The number of aryl methyl sites for hydroxylation is 2. The van der Waals surface area contributed by atoms with Gasteiger partial charge in [0.15, 0.2) is 11.3 Å². The molecule has 3 amide bonds. The van der Waals surface area contributed by atoms with E-state index in [9.17, 15) is 14.4 Å². The van der Waals surface area contributed by atoms with E-state index in [1.807, 2.05) is 25.2 Å². The molecule has 27 heavy (non-hydrogen) atoms. The Bertz CT molecular complexity index is 852. The number of nitrogens with one attached hydrogen (secondary N) is 1. The number of ether oxygens (including phenoxy) is 1. The number of primary amides is 1. The van der Waals surface area contributed by atoms with E-state index in [2.05, 4.69) is 9.97 Å². The summed E-state index contributed by atoms with van der Waals surface area (Å²) < 4.78 is 5.13. The molecule has 1 aromatic heterocycles. The van der Waals surface area contributed by atoms with Crippen LogP contribution in [0.1, 0.15) is 34.2 Å². The highest BCUT2D eigenvalue weighted by molar-refractivity contribution is 7.98. The number of carbonyl (C=O) groups excluding carboxylic acids is 3. The summed E-state index contributed by atoms with van der Waals surface area (Å²) in [7, 11) is 0.